The Kier molecular flexibility index (Phi) is 4.43. The molecule has 0 saturated carbocycles. The third kappa shape index (κ3) is 3.30. The number of para-hydroxylation sites is 2. The van der Waals surface area contributed by atoms with Crippen LogP contribution in [0.15, 0.2) is 24.3 Å². The number of nitrogens with one attached hydrogen (secondary N) is 2. The summed E-state index contributed by atoms with van der Waals surface area (Å²) >= 11 is 0. The van der Waals surface area contributed by atoms with Crippen molar-refractivity contribution in [3.8, 4) is 0 Å². The Bertz CT molecular complexity index is 664. The van der Waals surface area contributed by atoms with Crippen LogP contribution in [0.3, 0.4) is 0 Å². The normalized spacial score (nSPS) is 19.5. The third-order valence-electron chi connectivity index (χ3n) is 4.40. The maximum Gasteiger partial charge on any atom is 0.220 e. The van der Waals surface area contributed by atoms with E-state index in [9.17, 15) is 4.79 Å². The first kappa shape index (κ1) is 15.0. The maximum atomic E-state index is 11.2. The zero-order chi connectivity index (χ0) is 15.5. The van der Waals surface area contributed by atoms with Crippen molar-refractivity contribution in [1.29, 1.82) is 0 Å². The number of amides is 1. The molecule has 2 heterocycles. The molecule has 1 aliphatic heterocycles. The van der Waals surface area contributed by atoms with Gasteiger partial charge in [0.25, 0.3) is 0 Å². The molecule has 0 bridgehead atoms. The lowest BCUT2D eigenvalue weighted by atomic mass is 10.1. The second kappa shape index (κ2) is 6.48. The van der Waals surface area contributed by atoms with Crippen molar-refractivity contribution in [3.05, 3.63) is 30.1 Å². The van der Waals surface area contributed by atoms with Gasteiger partial charge < -0.3 is 15.2 Å². The van der Waals surface area contributed by atoms with Crippen LogP contribution in [0, 0.1) is 6.92 Å². The van der Waals surface area contributed by atoms with Gasteiger partial charge in [-0.2, -0.15) is 0 Å². The molecule has 1 amide bonds. The van der Waals surface area contributed by atoms with Gasteiger partial charge in [-0.05, 0) is 38.8 Å². The van der Waals surface area contributed by atoms with E-state index >= 15 is 0 Å². The standard InChI is InChI=1S/C17H24N4O/c1-12(11-14-7-8-17(22)20-14)18-9-10-21-13(2)19-15-5-3-4-6-16(15)21/h3-6,12,14,18H,7-11H2,1-2H3,(H,20,22)/t12-,14+/m0/s1. The number of nitrogens with zero attached hydrogens (tertiary/aromatic N) is 2. The second-order valence-corrected chi connectivity index (χ2v) is 6.19. The van der Waals surface area contributed by atoms with Crippen LogP contribution in [-0.2, 0) is 11.3 Å². The molecular formula is C17H24N4O. The highest BCUT2D eigenvalue weighted by atomic mass is 16.1. The number of carbonyl (C=O) groups is 1. The van der Waals surface area contributed by atoms with E-state index in [2.05, 4.69) is 52.2 Å². The predicted molar refractivity (Wildman–Crippen MR) is 87.7 cm³/mol. The summed E-state index contributed by atoms with van der Waals surface area (Å²) in [5.41, 5.74) is 2.25. The molecule has 1 aromatic carbocycles. The Morgan fingerprint density at radius 2 is 2.27 bits per heavy atom. The number of hydrogen-bond acceptors (Lipinski definition) is 3. The van der Waals surface area contributed by atoms with Gasteiger partial charge in [-0.3, -0.25) is 4.79 Å². The molecule has 22 heavy (non-hydrogen) atoms. The predicted octanol–water partition coefficient (Wildman–Crippen LogP) is 1.99. The fourth-order valence-electron chi connectivity index (χ4n) is 3.27. The summed E-state index contributed by atoms with van der Waals surface area (Å²) in [6.07, 6.45) is 2.64. The Morgan fingerprint density at radius 3 is 3.05 bits per heavy atom. The van der Waals surface area contributed by atoms with Crippen molar-refractivity contribution in [3.63, 3.8) is 0 Å². The van der Waals surface area contributed by atoms with E-state index in [1.165, 1.54) is 5.52 Å². The van der Waals surface area contributed by atoms with E-state index in [0.717, 1.165) is 37.3 Å². The molecule has 2 aromatic rings. The Balaban J connectivity index is 1.51. The smallest absolute Gasteiger partial charge is 0.220 e. The zero-order valence-electron chi connectivity index (χ0n) is 13.3. The van der Waals surface area contributed by atoms with Crippen molar-refractivity contribution < 1.29 is 4.79 Å². The molecule has 0 spiro atoms. The van der Waals surface area contributed by atoms with Crippen LogP contribution in [0.4, 0.5) is 0 Å². The van der Waals surface area contributed by atoms with E-state index in [1.807, 2.05) is 6.07 Å². The molecular weight excluding hydrogens is 276 g/mol. The number of benzene rings is 1. The summed E-state index contributed by atoms with van der Waals surface area (Å²) < 4.78 is 2.26. The molecule has 5 nitrogen and oxygen atoms in total. The number of hydrogen-bond donors (Lipinski definition) is 2. The highest BCUT2D eigenvalue weighted by Crippen LogP contribution is 2.15. The summed E-state index contributed by atoms with van der Waals surface area (Å²) in [4.78, 5) is 15.8. The van der Waals surface area contributed by atoms with Gasteiger partial charge in [0.15, 0.2) is 0 Å². The van der Waals surface area contributed by atoms with E-state index in [-0.39, 0.29) is 5.91 Å². The summed E-state index contributed by atoms with van der Waals surface area (Å²) in [5.74, 6) is 1.25. The topological polar surface area (TPSA) is 59.0 Å². The first-order valence-corrected chi connectivity index (χ1v) is 8.08. The van der Waals surface area contributed by atoms with Crippen LogP contribution in [0.2, 0.25) is 0 Å². The number of fused-ring (bicyclic) bond motifs is 1. The van der Waals surface area contributed by atoms with E-state index in [0.29, 0.717) is 18.5 Å². The lowest BCUT2D eigenvalue weighted by molar-refractivity contribution is -0.119. The van der Waals surface area contributed by atoms with Crippen molar-refractivity contribution >= 4 is 16.9 Å². The first-order valence-electron chi connectivity index (χ1n) is 8.08. The van der Waals surface area contributed by atoms with Gasteiger partial charge in [0.05, 0.1) is 11.0 Å². The molecule has 0 aliphatic carbocycles. The minimum Gasteiger partial charge on any atom is -0.353 e. The van der Waals surface area contributed by atoms with Crippen LogP contribution >= 0.6 is 0 Å². The molecule has 3 rings (SSSR count). The average molecular weight is 300 g/mol. The van der Waals surface area contributed by atoms with E-state index < -0.39 is 0 Å². The highest BCUT2D eigenvalue weighted by Gasteiger charge is 2.22. The highest BCUT2D eigenvalue weighted by molar-refractivity contribution is 5.78. The number of imidazole rings is 1. The Labute approximate surface area is 131 Å². The fourth-order valence-corrected chi connectivity index (χ4v) is 3.27. The van der Waals surface area contributed by atoms with Gasteiger partial charge in [-0.25, -0.2) is 4.98 Å². The quantitative estimate of drug-likeness (QED) is 0.858. The van der Waals surface area contributed by atoms with Gasteiger partial charge in [-0.1, -0.05) is 12.1 Å². The van der Waals surface area contributed by atoms with Gasteiger partial charge in [0.1, 0.15) is 5.82 Å². The van der Waals surface area contributed by atoms with Gasteiger partial charge in [-0.15, -0.1) is 0 Å². The van der Waals surface area contributed by atoms with E-state index in [1.54, 1.807) is 0 Å². The Morgan fingerprint density at radius 1 is 1.45 bits per heavy atom. The minimum absolute atomic E-state index is 0.192. The van der Waals surface area contributed by atoms with Crippen LogP contribution in [-0.4, -0.2) is 34.1 Å². The maximum absolute atomic E-state index is 11.2. The van der Waals surface area contributed by atoms with Crippen LogP contribution in [0.25, 0.3) is 11.0 Å². The molecule has 2 N–H and O–H groups in total. The molecule has 1 saturated heterocycles. The number of aryl methyl sites for hydroxylation is 1. The Hall–Kier alpha value is -1.88. The molecule has 0 radical (unpaired) electrons. The zero-order valence-corrected chi connectivity index (χ0v) is 13.3. The van der Waals surface area contributed by atoms with Gasteiger partial charge in [0, 0.05) is 31.6 Å². The monoisotopic (exact) mass is 300 g/mol. The van der Waals surface area contributed by atoms with Crippen molar-refractivity contribution in [2.45, 2.75) is 51.7 Å². The molecule has 1 aliphatic rings. The minimum atomic E-state index is 0.192. The second-order valence-electron chi connectivity index (χ2n) is 6.19. The summed E-state index contributed by atoms with van der Waals surface area (Å²) in [6.45, 7) is 6.05. The number of carbonyl (C=O) groups excluding carboxylic acids is 1. The summed E-state index contributed by atoms with van der Waals surface area (Å²) in [6, 6.07) is 8.99. The molecule has 1 fully saturated rings. The summed E-state index contributed by atoms with van der Waals surface area (Å²) in [7, 11) is 0. The van der Waals surface area contributed by atoms with Crippen LogP contribution in [0.1, 0.15) is 32.0 Å². The lowest BCUT2D eigenvalue weighted by Gasteiger charge is -2.18. The third-order valence-corrected chi connectivity index (χ3v) is 4.40. The van der Waals surface area contributed by atoms with Crippen LogP contribution < -0.4 is 10.6 Å². The van der Waals surface area contributed by atoms with Crippen molar-refractivity contribution in [2.24, 2.45) is 0 Å². The lowest BCUT2D eigenvalue weighted by Crippen LogP contribution is -2.36. The molecule has 5 heteroatoms. The first-order chi connectivity index (χ1) is 10.6. The van der Waals surface area contributed by atoms with E-state index in [4.69, 9.17) is 0 Å². The number of rotatable bonds is 6. The molecule has 2 atom stereocenters. The number of aromatic nitrogens is 2. The molecule has 0 unspecified atom stereocenters. The van der Waals surface area contributed by atoms with Crippen LogP contribution in [0.5, 0.6) is 0 Å². The largest absolute Gasteiger partial charge is 0.353 e. The summed E-state index contributed by atoms with van der Waals surface area (Å²) in [5, 5.41) is 6.58. The molecule has 118 valence electrons. The van der Waals surface area contributed by atoms with Crippen molar-refractivity contribution in [2.75, 3.05) is 6.54 Å². The SMILES string of the molecule is Cc1nc2ccccc2n1CCN[C@@H](C)C[C@H]1CCC(=O)N1. The fraction of sp³-hybridized carbons (Fsp3) is 0.529. The van der Waals surface area contributed by atoms with Crippen molar-refractivity contribution in [1.82, 2.24) is 20.2 Å². The average Bonchev–Trinajstić information content (AvgIpc) is 3.03. The van der Waals surface area contributed by atoms with Gasteiger partial charge in [0.2, 0.25) is 5.91 Å². The van der Waals surface area contributed by atoms with Gasteiger partial charge >= 0.3 is 0 Å². The molecule has 1 aromatic heterocycles.